The lowest BCUT2D eigenvalue weighted by Crippen LogP contribution is -2.24. The first-order valence-electron chi connectivity index (χ1n) is 4.69. The predicted molar refractivity (Wildman–Crippen MR) is 69.1 cm³/mol. The van der Waals surface area contributed by atoms with Gasteiger partial charge in [0.15, 0.2) is 9.84 Å². The number of nitrogens with two attached hydrogens (primary N) is 1. The van der Waals surface area contributed by atoms with Gasteiger partial charge < -0.3 is 5.73 Å². The van der Waals surface area contributed by atoms with E-state index in [1.165, 1.54) is 25.2 Å². The van der Waals surface area contributed by atoms with Crippen LogP contribution in [0.4, 0.5) is 4.39 Å². The molecule has 0 aliphatic heterocycles. The SMILES string of the molecule is CN=C(N)CS(=O)(=O)Cc1cc(Br)ccc1F. The van der Waals surface area contributed by atoms with Crippen molar-refractivity contribution >= 4 is 31.6 Å². The van der Waals surface area contributed by atoms with Crippen LogP contribution in [0.1, 0.15) is 5.56 Å². The van der Waals surface area contributed by atoms with Crippen LogP contribution in [0.25, 0.3) is 0 Å². The quantitative estimate of drug-likeness (QED) is 0.674. The third kappa shape index (κ3) is 4.43. The molecule has 7 heteroatoms. The molecular formula is C10H12BrFN2O2S. The number of benzene rings is 1. The molecule has 94 valence electrons. The summed E-state index contributed by atoms with van der Waals surface area (Å²) in [5.74, 6) is -1.30. The van der Waals surface area contributed by atoms with Crippen LogP contribution >= 0.6 is 15.9 Å². The number of halogens is 2. The van der Waals surface area contributed by atoms with Gasteiger partial charge in [-0.15, -0.1) is 0 Å². The normalized spacial score (nSPS) is 12.8. The van der Waals surface area contributed by atoms with Gasteiger partial charge in [-0.1, -0.05) is 15.9 Å². The van der Waals surface area contributed by atoms with Crippen LogP contribution in [0.15, 0.2) is 27.7 Å². The first kappa shape index (κ1) is 14.1. The summed E-state index contributed by atoms with van der Waals surface area (Å²) in [4.78, 5) is 3.57. The minimum Gasteiger partial charge on any atom is -0.387 e. The highest BCUT2D eigenvalue weighted by molar-refractivity contribution is 9.10. The number of aliphatic imine (C=N–C) groups is 1. The Morgan fingerprint density at radius 2 is 2.18 bits per heavy atom. The Kier molecular flexibility index (Phi) is 4.64. The maximum atomic E-state index is 13.4. The maximum Gasteiger partial charge on any atom is 0.161 e. The maximum absolute atomic E-state index is 13.4. The molecular weight excluding hydrogens is 311 g/mol. The van der Waals surface area contributed by atoms with Crippen LogP contribution in [0, 0.1) is 5.82 Å². The van der Waals surface area contributed by atoms with Crippen molar-refractivity contribution in [2.75, 3.05) is 12.8 Å². The minimum absolute atomic E-state index is 0.0143. The van der Waals surface area contributed by atoms with Crippen molar-refractivity contribution in [3.8, 4) is 0 Å². The summed E-state index contributed by atoms with van der Waals surface area (Å²) >= 11 is 3.16. The second-order valence-corrected chi connectivity index (χ2v) is 6.46. The molecule has 0 atom stereocenters. The van der Waals surface area contributed by atoms with E-state index in [-0.39, 0.29) is 17.2 Å². The molecule has 0 fully saturated rings. The predicted octanol–water partition coefficient (Wildman–Crippen LogP) is 1.49. The fraction of sp³-hybridized carbons (Fsp3) is 0.300. The molecule has 2 N–H and O–H groups in total. The number of nitrogens with zero attached hydrogens (tertiary/aromatic N) is 1. The Labute approximate surface area is 108 Å². The average Bonchev–Trinajstić information content (AvgIpc) is 2.22. The van der Waals surface area contributed by atoms with E-state index >= 15 is 0 Å². The fourth-order valence-electron chi connectivity index (χ4n) is 1.23. The molecule has 0 amide bonds. The fourth-order valence-corrected chi connectivity index (χ4v) is 3.02. The molecule has 1 aromatic carbocycles. The minimum atomic E-state index is -3.50. The van der Waals surface area contributed by atoms with Crippen LogP contribution < -0.4 is 5.73 Å². The second-order valence-electron chi connectivity index (χ2n) is 3.48. The van der Waals surface area contributed by atoms with Gasteiger partial charge in [0.05, 0.1) is 5.75 Å². The van der Waals surface area contributed by atoms with E-state index in [2.05, 4.69) is 20.9 Å². The molecule has 0 bridgehead atoms. The van der Waals surface area contributed by atoms with Gasteiger partial charge in [0.1, 0.15) is 17.4 Å². The first-order chi connectivity index (χ1) is 7.84. The van der Waals surface area contributed by atoms with E-state index in [1.807, 2.05) is 0 Å². The van der Waals surface area contributed by atoms with Crippen LogP contribution in [0.5, 0.6) is 0 Å². The molecule has 1 aromatic rings. The van der Waals surface area contributed by atoms with Crippen molar-refractivity contribution in [2.45, 2.75) is 5.75 Å². The van der Waals surface area contributed by atoms with Crippen LogP contribution in [0.3, 0.4) is 0 Å². The van der Waals surface area contributed by atoms with Gasteiger partial charge in [-0.3, -0.25) is 4.99 Å². The van der Waals surface area contributed by atoms with Crippen molar-refractivity contribution in [2.24, 2.45) is 10.7 Å². The zero-order chi connectivity index (χ0) is 13.1. The van der Waals surface area contributed by atoms with Gasteiger partial charge >= 0.3 is 0 Å². The zero-order valence-corrected chi connectivity index (χ0v) is 11.6. The molecule has 0 heterocycles. The lowest BCUT2D eigenvalue weighted by atomic mass is 10.2. The topological polar surface area (TPSA) is 72.5 Å². The monoisotopic (exact) mass is 322 g/mol. The highest BCUT2D eigenvalue weighted by atomic mass is 79.9. The Morgan fingerprint density at radius 1 is 1.53 bits per heavy atom. The first-order valence-corrected chi connectivity index (χ1v) is 7.31. The molecule has 0 aliphatic carbocycles. The summed E-state index contributed by atoms with van der Waals surface area (Å²) in [5.41, 5.74) is 5.46. The average molecular weight is 323 g/mol. The molecule has 0 aromatic heterocycles. The molecule has 0 unspecified atom stereocenters. The third-order valence-corrected chi connectivity index (χ3v) is 4.02. The Bertz CT molecular complexity index is 543. The standard InChI is InChI=1S/C10H12BrFN2O2S/c1-14-10(13)6-17(15,16)5-7-4-8(11)2-3-9(7)12/h2-4H,5-6H2,1H3,(H2,13,14). The van der Waals surface area contributed by atoms with E-state index in [1.54, 1.807) is 0 Å². The van der Waals surface area contributed by atoms with E-state index < -0.39 is 21.4 Å². The van der Waals surface area contributed by atoms with E-state index in [0.29, 0.717) is 4.47 Å². The molecule has 0 saturated carbocycles. The molecule has 4 nitrogen and oxygen atoms in total. The number of amidine groups is 1. The lowest BCUT2D eigenvalue weighted by molar-refractivity contribution is 0.590. The summed E-state index contributed by atoms with van der Waals surface area (Å²) < 4.78 is 37.4. The lowest BCUT2D eigenvalue weighted by Gasteiger charge is -2.05. The highest BCUT2D eigenvalue weighted by Gasteiger charge is 2.16. The Balaban J connectivity index is 2.94. The number of hydrogen-bond acceptors (Lipinski definition) is 3. The second kappa shape index (κ2) is 5.59. The highest BCUT2D eigenvalue weighted by Crippen LogP contribution is 2.18. The third-order valence-electron chi connectivity index (χ3n) is 2.04. The Hall–Kier alpha value is -0.950. The van der Waals surface area contributed by atoms with Crippen molar-refractivity contribution in [3.05, 3.63) is 34.1 Å². The van der Waals surface area contributed by atoms with Gasteiger partial charge in [0.25, 0.3) is 0 Å². The number of hydrogen-bond donors (Lipinski definition) is 1. The van der Waals surface area contributed by atoms with Crippen molar-refractivity contribution in [1.82, 2.24) is 0 Å². The van der Waals surface area contributed by atoms with Gasteiger partial charge in [-0.2, -0.15) is 0 Å². The van der Waals surface area contributed by atoms with Gasteiger partial charge in [-0.05, 0) is 18.2 Å². The summed E-state index contributed by atoms with van der Waals surface area (Å²) in [5, 5.41) is 0. The van der Waals surface area contributed by atoms with E-state index in [9.17, 15) is 12.8 Å². The summed E-state index contributed by atoms with van der Waals surface area (Å²) in [6.07, 6.45) is 0. The van der Waals surface area contributed by atoms with Crippen molar-refractivity contribution in [1.29, 1.82) is 0 Å². The Morgan fingerprint density at radius 3 is 2.76 bits per heavy atom. The van der Waals surface area contributed by atoms with Gasteiger partial charge in [-0.25, -0.2) is 12.8 Å². The molecule has 0 radical (unpaired) electrons. The van der Waals surface area contributed by atoms with Crippen LogP contribution in [-0.2, 0) is 15.6 Å². The van der Waals surface area contributed by atoms with Crippen LogP contribution in [0.2, 0.25) is 0 Å². The van der Waals surface area contributed by atoms with Crippen molar-refractivity contribution < 1.29 is 12.8 Å². The molecule has 0 aliphatic rings. The number of rotatable bonds is 4. The smallest absolute Gasteiger partial charge is 0.161 e. The summed E-state index contributed by atoms with van der Waals surface area (Å²) in [7, 11) is -2.09. The molecule has 1 rings (SSSR count). The number of sulfone groups is 1. The summed E-state index contributed by atoms with van der Waals surface area (Å²) in [6.45, 7) is 0. The van der Waals surface area contributed by atoms with Gasteiger partial charge in [0, 0.05) is 17.1 Å². The molecule has 0 saturated heterocycles. The van der Waals surface area contributed by atoms with E-state index in [4.69, 9.17) is 5.73 Å². The van der Waals surface area contributed by atoms with Crippen LogP contribution in [-0.4, -0.2) is 27.1 Å². The van der Waals surface area contributed by atoms with Gasteiger partial charge in [0.2, 0.25) is 0 Å². The van der Waals surface area contributed by atoms with Crippen molar-refractivity contribution in [3.63, 3.8) is 0 Å². The largest absolute Gasteiger partial charge is 0.387 e. The zero-order valence-electron chi connectivity index (χ0n) is 9.15. The van der Waals surface area contributed by atoms with E-state index in [0.717, 1.165) is 0 Å². The summed E-state index contributed by atoms with van der Waals surface area (Å²) in [6, 6.07) is 4.16. The molecule has 17 heavy (non-hydrogen) atoms. The molecule has 0 spiro atoms.